The van der Waals surface area contributed by atoms with Crippen molar-refractivity contribution in [3.8, 4) is 0 Å². The third-order valence-electron chi connectivity index (χ3n) is 3.66. The molecule has 7 heteroatoms. The predicted molar refractivity (Wildman–Crippen MR) is 86.0 cm³/mol. The van der Waals surface area contributed by atoms with Gasteiger partial charge in [0.15, 0.2) is 5.13 Å². The van der Waals surface area contributed by atoms with Crippen LogP contribution in [-0.2, 0) is 4.74 Å². The van der Waals surface area contributed by atoms with Crippen LogP contribution in [0.15, 0.2) is 0 Å². The van der Waals surface area contributed by atoms with Gasteiger partial charge in [-0.05, 0) is 26.2 Å². The van der Waals surface area contributed by atoms with Crippen molar-refractivity contribution < 1.29 is 9.53 Å². The Kier molecular flexibility index (Phi) is 5.05. The summed E-state index contributed by atoms with van der Waals surface area (Å²) >= 11 is 1.33. The number of aromatic nitrogens is 1. The van der Waals surface area contributed by atoms with E-state index >= 15 is 0 Å². The number of rotatable bonds is 6. The van der Waals surface area contributed by atoms with Crippen LogP contribution in [0.25, 0.3) is 0 Å². The molecule has 0 radical (unpaired) electrons. The number of hydrogen-bond acceptors (Lipinski definition) is 6. The Labute approximate surface area is 129 Å². The van der Waals surface area contributed by atoms with E-state index in [2.05, 4.69) is 17.2 Å². The number of carbonyl (C=O) groups excluding carboxylic acids is 1. The van der Waals surface area contributed by atoms with Crippen LogP contribution in [0.4, 0.5) is 10.9 Å². The van der Waals surface area contributed by atoms with Crippen LogP contribution in [-0.4, -0.2) is 43.2 Å². The van der Waals surface area contributed by atoms with Crippen LogP contribution in [0.1, 0.15) is 42.8 Å². The Morgan fingerprint density at radius 2 is 2.38 bits per heavy atom. The molecule has 1 fully saturated rings. The van der Waals surface area contributed by atoms with Crippen LogP contribution in [0.2, 0.25) is 0 Å². The Bertz CT molecular complexity index is 497. The lowest BCUT2D eigenvalue weighted by atomic mass is 10.0. The fourth-order valence-corrected chi connectivity index (χ4v) is 3.29. The highest BCUT2D eigenvalue weighted by Gasteiger charge is 2.30. The van der Waals surface area contributed by atoms with Gasteiger partial charge in [0.2, 0.25) is 0 Å². The van der Waals surface area contributed by atoms with Crippen molar-refractivity contribution in [2.45, 2.75) is 38.7 Å². The number of thiazole rings is 1. The van der Waals surface area contributed by atoms with Crippen LogP contribution in [0.3, 0.4) is 0 Å². The molecule has 1 saturated heterocycles. The minimum absolute atomic E-state index is 0.169. The van der Waals surface area contributed by atoms with Gasteiger partial charge in [-0.25, -0.2) is 4.98 Å². The molecule has 1 atom stereocenters. The van der Waals surface area contributed by atoms with E-state index in [0.29, 0.717) is 17.2 Å². The molecule has 1 amide bonds. The number of carbonyl (C=O) groups is 1. The first kappa shape index (κ1) is 16.0. The molecule has 0 bridgehead atoms. The fraction of sp³-hybridized carbons (Fsp3) is 0.714. The largest absolute Gasteiger partial charge is 0.382 e. The van der Waals surface area contributed by atoms with Crippen molar-refractivity contribution in [3.63, 3.8) is 0 Å². The first-order valence-corrected chi connectivity index (χ1v) is 8.16. The maximum absolute atomic E-state index is 12.3. The van der Waals surface area contributed by atoms with Gasteiger partial charge in [-0.2, -0.15) is 0 Å². The lowest BCUT2D eigenvalue weighted by Gasteiger charge is -2.23. The smallest absolute Gasteiger partial charge is 0.265 e. The van der Waals surface area contributed by atoms with Crippen molar-refractivity contribution in [3.05, 3.63) is 4.88 Å². The second kappa shape index (κ2) is 6.62. The predicted octanol–water partition coefficient (Wildman–Crippen LogP) is 1.87. The fourth-order valence-electron chi connectivity index (χ4n) is 2.40. The Balaban J connectivity index is 1.99. The molecule has 2 rings (SSSR count). The van der Waals surface area contributed by atoms with E-state index in [1.54, 1.807) is 0 Å². The molecule has 0 saturated carbocycles. The maximum Gasteiger partial charge on any atom is 0.265 e. The quantitative estimate of drug-likeness (QED) is 0.838. The molecule has 21 heavy (non-hydrogen) atoms. The van der Waals surface area contributed by atoms with Crippen LogP contribution < -0.4 is 16.0 Å². The van der Waals surface area contributed by atoms with Gasteiger partial charge in [-0.15, -0.1) is 0 Å². The van der Waals surface area contributed by atoms with Gasteiger partial charge in [0.25, 0.3) is 5.91 Å². The lowest BCUT2D eigenvalue weighted by molar-refractivity contribution is 0.0206. The summed E-state index contributed by atoms with van der Waals surface area (Å²) in [6.07, 6.45) is 3.03. The second-order valence-electron chi connectivity index (χ2n) is 5.72. The SMILES string of the molecule is CCCN(C)c1nc(N)c(C(=O)NCC2(C)CCCO2)s1. The zero-order valence-electron chi connectivity index (χ0n) is 12.9. The maximum atomic E-state index is 12.3. The third kappa shape index (κ3) is 3.85. The molecular weight excluding hydrogens is 288 g/mol. The summed E-state index contributed by atoms with van der Waals surface area (Å²) in [5, 5.41) is 3.69. The van der Waals surface area contributed by atoms with Crippen molar-refractivity contribution in [1.82, 2.24) is 10.3 Å². The third-order valence-corrected chi connectivity index (χ3v) is 4.84. The van der Waals surface area contributed by atoms with E-state index in [4.69, 9.17) is 10.5 Å². The summed E-state index contributed by atoms with van der Waals surface area (Å²) in [6, 6.07) is 0. The highest BCUT2D eigenvalue weighted by atomic mass is 32.1. The van der Waals surface area contributed by atoms with Crippen molar-refractivity contribution in [2.24, 2.45) is 0 Å². The number of nitrogens with zero attached hydrogens (tertiary/aromatic N) is 2. The van der Waals surface area contributed by atoms with Gasteiger partial charge in [0, 0.05) is 26.7 Å². The van der Waals surface area contributed by atoms with Crippen LogP contribution in [0.5, 0.6) is 0 Å². The number of anilines is 2. The Hall–Kier alpha value is -1.34. The minimum atomic E-state index is -0.253. The molecule has 0 aliphatic carbocycles. The second-order valence-corrected chi connectivity index (χ2v) is 6.69. The van der Waals surface area contributed by atoms with E-state index in [1.807, 2.05) is 18.9 Å². The molecule has 2 heterocycles. The summed E-state index contributed by atoms with van der Waals surface area (Å²) in [4.78, 5) is 19.0. The van der Waals surface area contributed by atoms with Gasteiger partial charge in [0.05, 0.1) is 5.60 Å². The molecule has 6 nitrogen and oxygen atoms in total. The standard InChI is InChI=1S/C14H24N4O2S/c1-4-7-18(3)13-17-11(15)10(21-13)12(19)16-9-14(2)6-5-8-20-14/h4-9,15H2,1-3H3,(H,16,19). The van der Waals surface area contributed by atoms with Gasteiger partial charge in [0.1, 0.15) is 10.7 Å². The number of ether oxygens (including phenoxy) is 1. The first-order chi connectivity index (χ1) is 9.95. The molecule has 1 aromatic heterocycles. The molecule has 1 aromatic rings. The molecule has 1 aliphatic heterocycles. The normalized spacial score (nSPS) is 21.5. The summed E-state index contributed by atoms with van der Waals surface area (Å²) < 4.78 is 5.67. The molecule has 1 aliphatic rings. The Morgan fingerprint density at radius 3 is 3.00 bits per heavy atom. The summed E-state index contributed by atoms with van der Waals surface area (Å²) in [7, 11) is 1.96. The molecule has 118 valence electrons. The molecule has 0 spiro atoms. The van der Waals surface area contributed by atoms with E-state index in [0.717, 1.165) is 37.5 Å². The highest BCUT2D eigenvalue weighted by molar-refractivity contribution is 7.18. The van der Waals surface area contributed by atoms with Gasteiger partial charge in [-0.3, -0.25) is 4.79 Å². The monoisotopic (exact) mass is 312 g/mol. The lowest BCUT2D eigenvalue weighted by Crippen LogP contribution is -2.40. The zero-order chi connectivity index (χ0) is 15.5. The highest BCUT2D eigenvalue weighted by Crippen LogP contribution is 2.28. The van der Waals surface area contributed by atoms with E-state index in [-0.39, 0.29) is 11.5 Å². The van der Waals surface area contributed by atoms with Crippen LogP contribution >= 0.6 is 11.3 Å². The topological polar surface area (TPSA) is 80.5 Å². The van der Waals surface area contributed by atoms with Crippen LogP contribution in [0, 0.1) is 0 Å². The number of nitrogens with two attached hydrogens (primary N) is 1. The van der Waals surface area contributed by atoms with Crippen molar-refractivity contribution >= 4 is 28.2 Å². The average Bonchev–Trinajstić information content (AvgIpc) is 3.04. The number of nitrogens with one attached hydrogen (secondary N) is 1. The number of nitrogen functional groups attached to an aromatic ring is 1. The first-order valence-electron chi connectivity index (χ1n) is 7.35. The molecule has 3 N–H and O–H groups in total. The van der Waals surface area contributed by atoms with Gasteiger partial charge < -0.3 is 20.7 Å². The van der Waals surface area contributed by atoms with E-state index in [1.165, 1.54) is 11.3 Å². The molecule has 0 aromatic carbocycles. The molecule has 1 unspecified atom stereocenters. The minimum Gasteiger partial charge on any atom is -0.382 e. The number of hydrogen-bond donors (Lipinski definition) is 2. The van der Waals surface area contributed by atoms with E-state index in [9.17, 15) is 4.79 Å². The van der Waals surface area contributed by atoms with Gasteiger partial charge >= 0.3 is 0 Å². The number of amides is 1. The molecular formula is C14H24N4O2S. The Morgan fingerprint density at radius 1 is 1.62 bits per heavy atom. The summed E-state index contributed by atoms with van der Waals surface area (Å²) in [5.74, 6) is 0.130. The average molecular weight is 312 g/mol. The van der Waals surface area contributed by atoms with E-state index < -0.39 is 0 Å². The van der Waals surface area contributed by atoms with Crippen molar-refractivity contribution in [1.29, 1.82) is 0 Å². The summed E-state index contributed by atoms with van der Waals surface area (Å²) in [6.45, 7) is 6.28. The summed E-state index contributed by atoms with van der Waals surface area (Å²) in [5.41, 5.74) is 5.62. The van der Waals surface area contributed by atoms with Crippen molar-refractivity contribution in [2.75, 3.05) is 37.4 Å². The zero-order valence-corrected chi connectivity index (χ0v) is 13.8. The van der Waals surface area contributed by atoms with Gasteiger partial charge in [-0.1, -0.05) is 18.3 Å².